The molecule has 0 aromatic heterocycles. The van der Waals surface area contributed by atoms with E-state index in [1.807, 2.05) is 11.0 Å². The highest BCUT2D eigenvalue weighted by Crippen LogP contribution is 2.38. The molecule has 4 heteroatoms. The molecule has 2 fully saturated rings. The van der Waals surface area contributed by atoms with E-state index in [0.29, 0.717) is 18.5 Å². The van der Waals surface area contributed by atoms with Crippen molar-refractivity contribution < 1.29 is 9.59 Å². The van der Waals surface area contributed by atoms with Crippen LogP contribution >= 0.6 is 0 Å². The van der Waals surface area contributed by atoms with Crippen LogP contribution in [0.3, 0.4) is 0 Å². The summed E-state index contributed by atoms with van der Waals surface area (Å²) in [7, 11) is 0. The summed E-state index contributed by atoms with van der Waals surface area (Å²) in [5, 5.41) is 0. The topological polar surface area (TPSA) is 40.6 Å². The molecule has 3 aliphatic rings. The summed E-state index contributed by atoms with van der Waals surface area (Å²) in [6, 6.07) is 9.10. The Kier molecular flexibility index (Phi) is 4.53. The van der Waals surface area contributed by atoms with Crippen LogP contribution in [0.25, 0.3) is 0 Å². The Morgan fingerprint density at radius 2 is 1.76 bits per heavy atom. The largest absolute Gasteiger partial charge is 0.337 e. The molecule has 2 saturated carbocycles. The van der Waals surface area contributed by atoms with Gasteiger partial charge in [-0.2, -0.15) is 0 Å². The summed E-state index contributed by atoms with van der Waals surface area (Å²) in [6.07, 6.45) is 8.42. The zero-order valence-electron chi connectivity index (χ0n) is 15.1. The lowest BCUT2D eigenvalue weighted by Crippen LogP contribution is -2.45. The Labute approximate surface area is 150 Å². The second kappa shape index (κ2) is 6.81. The van der Waals surface area contributed by atoms with E-state index in [4.69, 9.17) is 0 Å². The van der Waals surface area contributed by atoms with Crippen LogP contribution in [0.2, 0.25) is 0 Å². The summed E-state index contributed by atoms with van der Waals surface area (Å²) < 4.78 is 0. The first-order chi connectivity index (χ1) is 12.1. The average molecular weight is 340 g/mol. The zero-order chi connectivity index (χ0) is 17.4. The van der Waals surface area contributed by atoms with E-state index in [-0.39, 0.29) is 17.9 Å². The fraction of sp³-hybridized carbons (Fsp3) is 0.619. The van der Waals surface area contributed by atoms with Crippen LogP contribution in [0.1, 0.15) is 69.0 Å². The average Bonchev–Trinajstić information content (AvgIpc) is 3.28. The SMILES string of the molecule is CC(=O)N1CCc2ccccc2[C@H]1CC(=O)N(C1CCCC1)C1CC1. The lowest BCUT2D eigenvalue weighted by atomic mass is 9.90. The Morgan fingerprint density at radius 1 is 1.08 bits per heavy atom. The highest BCUT2D eigenvalue weighted by molar-refractivity contribution is 5.80. The first-order valence-electron chi connectivity index (χ1n) is 9.81. The Bertz CT molecular complexity index is 662. The molecule has 25 heavy (non-hydrogen) atoms. The van der Waals surface area contributed by atoms with Gasteiger partial charge in [-0.25, -0.2) is 0 Å². The number of fused-ring (bicyclic) bond motifs is 1. The lowest BCUT2D eigenvalue weighted by molar-refractivity contribution is -0.138. The monoisotopic (exact) mass is 340 g/mol. The highest BCUT2D eigenvalue weighted by Gasteiger charge is 2.40. The molecular weight excluding hydrogens is 312 g/mol. The molecule has 2 amide bonds. The molecule has 0 radical (unpaired) electrons. The number of benzene rings is 1. The maximum atomic E-state index is 13.2. The van der Waals surface area contributed by atoms with Gasteiger partial charge in [0, 0.05) is 25.6 Å². The first kappa shape index (κ1) is 16.6. The lowest BCUT2D eigenvalue weighted by Gasteiger charge is -2.38. The van der Waals surface area contributed by atoms with Crippen LogP contribution < -0.4 is 0 Å². The highest BCUT2D eigenvalue weighted by atomic mass is 16.2. The van der Waals surface area contributed by atoms with Gasteiger partial charge in [-0.05, 0) is 43.2 Å². The van der Waals surface area contributed by atoms with E-state index in [9.17, 15) is 9.59 Å². The molecule has 4 nitrogen and oxygen atoms in total. The standard InChI is InChI=1S/C21H28N2O2/c1-15(24)22-13-12-16-6-2-5-9-19(16)20(22)14-21(25)23(18-10-11-18)17-7-3-4-8-17/h2,5-6,9,17-18,20H,3-4,7-8,10-14H2,1H3/t20-/m1/s1. The minimum absolute atomic E-state index is 0.0751. The molecule has 4 rings (SSSR count). The van der Waals surface area contributed by atoms with Gasteiger partial charge in [0.05, 0.1) is 12.5 Å². The van der Waals surface area contributed by atoms with Crippen LogP contribution in [0, 0.1) is 0 Å². The minimum Gasteiger partial charge on any atom is -0.337 e. The molecule has 2 aliphatic carbocycles. The van der Waals surface area contributed by atoms with Crippen molar-refractivity contribution >= 4 is 11.8 Å². The third-order valence-electron chi connectivity index (χ3n) is 6.13. The van der Waals surface area contributed by atoms with Crippen molar-refractivity contribution in [1.29, 1.82) is 0 Å². The number of nitrogens with zero attached hydrogens (tertiary/aromatic N) is 2. The van der Waals surface area contributed by atoms with E-state index in [1.165, 1.54) is 24.0 Å². The van der Waals surface area contributed by atoms with Gasteiger partial charge in [0.2, 0.25) is 11.8 Å². The van der Waals surface area contributed by atoms with Crippen molar-refractivity contribution in [2.75, 3.05) is 6.54 Å². The van der Waals surface area contributed by atoms with Crippen molar-refractivity contribution in [3.8, 4) is 0 Å². The first-order valence-corrected chi connectivity index (χ1v) is 9.81. The summed E-state index contributed by atoms with van der Waals surface area (Å²) in [4.78, 5) is 29.5. The van der Waals surface area contributed by atoms with Crippen molar-refractivity contribution in [3.05, 3.63) is 35.4 Å². The third-order valence-corrected chi connectivity index (χ3v) is 6.13. The molecule has 1 aliphatic heterocycles. The van der Waals surface area contributed by atoms with E-state index in [1.54, 1.807) is 6.92 Å². The molecular formula is C21H28N2O2. The molecule has 1 aromatic rings. The van der Waals surface area contributed by atoms with Gasteiger partial charge in [0.1, 0.15) is 0 Å². The summed E-state index contributed by atoms with van der Waals surface area (Å²) in [5.74, 6) is 0.327. The Hall–Kier alpha value is -1.84. The Morgan fingerprint density at radius 3 is 2.44 bits per heavy atom. The van der Waals surface area contributed by atoms with Crippen molar-refractivity contribution in [3.63, 3.8) is 0 Å². The van der Waals surface area contributed by atoms with Gasteiger partial charge in [-0.1, -0.05) is 37.1 Å². The third kappa shape index (κ3) is 3.31. The predicted molar refractivity (Wildman–Crippen MR) is 97.0 cm³/mol. The van der Waals surface area contributed by atoms with Gasteiger partial charge < -0.3 is 9.80 Å². The molecule has 0 saturated heterocycles. The van der Waals surface area contributed by atoms with Crippen molar-refractivity contribution in [1.82, 2.24) is 9.80 Å². The molecule has 1 atom stereocenters. The predicted octanol–water partition coefficient (Wildman–Crippen LogP) is 3.46. The van der Waals surface area contributed by atoms with Crippen molar-refractivity contribution in [2.45, 2.75) is 76.4 Å². The summed E-state index contributed by atoms with van der Waals surface area (Å²) in [5.41, 5.74) is 2.45. The van der Waals surface area contributed by atoms with Crippen LogP contribution in [0.4, 0.5) is 0 Å². The van der Waals surface area contributed by atoms with E-state index in [2.05, 4.69) is 23.1 Å². The zero-order valence-corrected chi connectivity index (χ0v) is 15.1. The van der Waals surface area contributed by atoms with E-state index in [0.717, 1.165) is 38.6 Å². The van der Waals surface area contributed by atoms with Gasteiger partial charge in [-0.15, -0.1) is 0 Å². The van der Waals surface area contributed by atoms with E-state index < -0.39 is 0 Å². The normalized spacial score (nSPS) is 23.4. The van der Waals surface area contributed by atoms with Gasteiger partial charge in [0.25, 0.3) is 0 Å². The maximum Gasteiger partial charge on any atom is 0.225 e. The number of hydrogen-bond acceptors (Lipinski definition) is 2. The molecule has 0 unspecified atom stereocenters. The molecule has 1 aromatic carbocycles. The Balaban J connectivity index is 1.58. The van der Waals surface area contributed by atoms with Gasteiger partial charge in [0.15, 0.2) is 0 Å². The second-order valence-electron chi connectivity index (χ2n) is 7.85. The number of carbonyl (C=O) groups is 2. The number of rotatable bonds is 4. The molecule has 0 spiro atoms. The molecule has 134 valence electrons. The summed E-state index contributed by atoms with van der Waals surface area (Å²) in [6.45, 7) is 2.35. The maximum absolute atomic E-state index is 13.2. The molecule has 0 bridgehead atoms. The van der Waals surface area contributed by atoms with Crippen LogP contribution in [-0.4, -0.2) is 40.2 Å². The van der Waals surface area contributed by atoms with Crippen LogP contribution in [0.5, 0.6) is 0 Å². The second-order valence-corrected chi connectivity index (χ2v) is 7.85. The van der Waals surface area contributed by atoms with E-state index >= 15 is 0 Å². The fourth-order valence-corrected chi connectivity index (χ4v) is 4.76. The number of hydrogen-bond donors (Lipinski definition) is 0. The van der Waals surface area contributed by atoms with Crippen LogP contribution in [0.15, 0.2) is 24.3 Å². The summed E-state index contributed by atoms with van der Waals surface area (Å²) >= 11 is 0. The van der Waals surface area contributed by atoms with Crippen LogP contribution in [-0.2, 0) is 16.0 Å². The van der Waals surface area contributed by atoms with Gasteiger partial charge in [-0.3, -0.25) is 9.59 Å². The van der Waals surface area contributed by atoms with Crippen molar-refractivity contribution in [2.24, 2.45) is 0 Å². The fourth-order valence-electron chi connectivity index (χ4n) is 4.76. The van der Waals surface area contributed by atoms with Gasteiger partial charge >= 0.3 is 0 Å². The quantitative estimate of drug-likeness (QED) is 0.842. The molecule has 1 heterocycles. The number of carbonyl (C=O) groups excluding carboxylic acids is 2. The molecule has 0 N–H and O–H groups in total. The number of amides is 2. The minimum atomic E-state index is -0.0994. The smallest absolute Gasteiger partial charge is 0.225 e.